The van der Waals surface area contributed by atoms with Crippen molar-refractivity contribution < 1.29 is 4.42 Å². The van der Waals surface area contributed by atoms with Gasteiger partial charge in [0, 0.05) is 11.3 Å². The predicted octanol–water partition coefficient (Wildman–Crippen LogP) is 3.19. The minimum atomic E-state index is 0.186. The molecule has 0 atom stereocenters. The molecule has 23 heavy (non-hydrogen) atoms. The van der Waals surface area contributed by atoms with E-state index in [4.69, 9.17) is 15.4 Å². The summed E-state index contributed by atoms with van der Waals surface area (Å²) in [6, 6.07) is 9.91. The maximum absolute atomic E-state index is 8.81. The molecule has 0 amide bonds. The quantitative estimate of drug-likeness (QED) is 0.581. The highest BCUT2D eigenvalue weighted by atomic mass is 32.2. The molecule has 0 fully saturated rings. The molecule has 6 nitrogen and oxygen atoms in total. The van der Waals surface area contributed by atoms with Crippen LogP contribution in [0.5, 0.6) is 0 Å². The summed E-state index contributed by atoms with van der Waals surface area (Å²) in [4.78, 5) is 12.6. The van der Waals surface area contributed by atoms with Gasteiger partial charge in [-0.1, -0.05) is 29.5 Å². The standard InChI is InChI=1S/C16H13N5OS/c1-10-2-4-11(5-3-10)15-20-13(8-22-15)9-23-16-19-7-12(6-17)14(18)21-16/h2-5,7-8H,9H2,1H3,(H2,18,19,21). The molecule has 2 N–H and O–H groups in total. The van der Waals surface area contributed by atoms with Crippen molar-refractivity contribution in [1.82, 2.24) is 15.0 Å². The van der Waals surface area contributed by atoms with Gasteiger partial charge in [-0.05, 0) is 19.1 Å². The summed E-state index contributed by atoms with van der Waals surface area (Å²) < 4.78 is 5.51. The molecule has 0 unspecified atom stereocenters. The van der Waals surface area contributed by atoms with E-state index in [0.29, 0.717) is 16.8 Å². The van der Waals surface area contributed by atoms with E-state index in [2.05, 4.69) is 15.0 Å². The van der Waals surface area contributed by atoms with Crippen LogP contribution < -0.4 is 5.73 Å². The molecule has 2 aromatic heterocycles. The second-order valence-electron chi connectivity index (χ2n) is 4.86. The molecule has 0 aliphatic heterocycles. The first-order valence-electron chi connectivity index (χ1n) is 6.82. The summed E-state index contributed by atoms with van der Waals surface area (Å²) in [6.07, 6.45) is 3.04. The first-order valence-corrected chi connectivity index (χ1v) is 7.81. The highest BCUT2D eigenvalue weighted by Crippen LogP contribution is 2.24. The van der Waals surface area contributed by atoms with E-state index >= 15 is 0 Å². The van der Waals surface area contributed by atoms with E-state index in [9.17, 15) is 0 Å². The molecule has 2 heterocycles. The molecule has 3 rings (SSSR count). The molecule has 0 radical (unpaired) electrons. The van der Waals surface area contributed by atoms with Gasteiger partial charge < -0.3 is 10.2 Å². The Morgan fingerprint density at radius 2 is 2.04 bits per heavy atom. The molecule has 0 aliphatic carbocycles. The van der Waals surface area contributed by atoms with Gasteiger partial charge in [0.1, 0.15) is 23.7 Å². The molecule has 0 saturated heterocycles. The summed E-state index contributed by atoms with van der Waals surface area (Å²) >= 11 is 1.38. The van der Waals surface area contributed by atoms with E-state index in [-0.39, 0.29) is 11.4 Å². The van der Waals surface area contributed by atoms with E-state index in [1.807, 2.05) is 37.3 Å². The van der Waals surface area contributed by atoms with Crippen LogP contribution in [0.2, 0.25) is 0 Å². The summed E-state index contributed by atoms with van der Waals surface area (Å²) in [5, 5.41) is 9.31. The van der Waals surface area contributed by atoms with Gasteiger partial charge >= 0.3 is 0 Å². The molecular formula is C16H13N5OS. The Morgan fingerprint density at radius 3 is 2.74 bits per heavy atom. The number of nitrogen functional groups attached to an aromatic ring is 1. The van der Waals surface area contributed by atoms with Gasteiger partial charge in [-0.2, -0.15) is 5.26 Å². The number of aryl methyl sites for hydroxylation is 1. The van der Waals surface area contributed by atoms with Crippen LogP contribution >= 0.6 is 11.8 Å². The topological polar surface area (TPSA) is 102 Å². The molecule has 114 valence electrons. The lowest BCUT2D eigenvalue weighted by atomic mass is 10.1. The number of nitrogens with zero attached hydrogens (tertiary/aromatic N) is 4. The Balaban J connectivity index is 1.69. The third-order valence-corrected chi connectivity index (χ3v) is 4.01. The average molecular weight is 323 g/mol. The number of rotatable bonds is 4. The molecule has 0 saturated carbocycles. The number of hydrogen-bond donors (Lipinski definition) is 1. The molecule has 0 bridgehead atoms. The van der Waals surface area contributed by atoms with Crippen molar-refractivity contribution in [3.05, 3.63) is 53.5 Å². The van der Waals surface area contributed by atoms with E-state index in [1.54, 1.807) is 6.26 Å². The Labute approximate surface area is 137 Å². The van der Waals surface area contributed by atoms with Crippen molar-refractivity contribution in [3.8, 4) is 17.5 Å². The maximum atomic E-state index is 8.81. The molecule has 0 spiro atoms. The van der Waals surface area contributed by atoms with Crippen LogP contribution in [0.4, 0.5) is 5.82 Å². The largest absolute Gasteiger partial charge is 0.444 e. The molecule has 0 aliphatic rings. The number of thioether (sulfide) groups is 1. The van der Waals surface area contributed by atoms with Crippen molar-refractivity contribution >= 4 is 17.6 Å². The zero-order valence-corrected chi connectivity index (χ0v) is 13.2. The Kier molecular flexibility index (Phi) is 4.26. The zero-order chi connectivity index (χ0) is 16.2. The van der Waals surface area contributed by atoms with Crippen LogP contribution in [-0.2, 0) is 5.75 Å². The highest BCUT2D eigenvalue weighted by molar-refractivity contribution is 7.98. The lowest BCUT2D eigenvalue weighted by Gasteiger charge is -2.00. The molecule has 1 aromatic carbocycles. The fourth-order valence-electron chi connectivity index (χ4n) is 1.87. The summed E-state index contributed by atoms with van der Waals surface area (Å²) in [5.41, 5.74) is 8.86. The predicted molar refractivity (Wildman–Crippen MR) is 87.4 cm³/mol. The number of nitriles is 1. The summed E-state index contributed by atoms with van der Waals surface area (Å²) in [5.74, 6) is 1.33. The van der Waals surface area contributed by atoms with Crippen molar-refractivity contribution in [2.45, 2.75) is 17.8 Å². The molecule has 3 aromatic rings. The monoisotopic (exact) mass is 323 g/mol. The van der Waals surface area contributed by atoms with E-state index in [1.165, 1.54) is 23.5 Å². The van der Waals surface area contributed by atoms with Gasteiger partial charge in [0.15, 0.2) is 5.16 Å². The SMILES string of the molecule is Cc1ccc(-c2nc(CSc3ncc(C#N)c(N)n3)co2)cc1. The van der Waals surface area contributed by atoms with Gasteiger partial charge in [0.05, 0.1) is 11.9 Å². The van der Waals surface area contributed by atoms with E-state index in [0.717, 1.165) is 11.3 Å². The normalized spacial score (nSPS) is 10.4. The number of anilines is 1. The molecule has 7 heteroatoms. The third-order valence-electron chi connectivity index (χ3n) is 3.12. The van der Waals surface area contributed by atoms with Crippen LogP contribution in [0, 0.1) is 18.3 Å². The van der Waals surface area contributed by atoms with Crippen LogP contribution in [0.15, 0.2) is 46.3 Å². The van der Waals surface area contributed by atoms with Gasteiger partial charge in [-0.15, -0.1) is 0 Å². The highest BCUT2D eigenvalue weighted by Gasteiger charge is 2.09. The zero-order valence-electron chi connectivity index (χ0n) is 12.4. The second kappa shape index (κ2) is 6.50. The van der Waals surface area contributed by atoms with Crippen molar-refractivity contribution in [3.63, 3.8) is 0 Å². The van der Waals surface area contributed by atoms with E-state index < -0.39 is 0 Å². The summed E-state index contributed by atoms with van der Waals surface area (Å²) in [6.45, 7) is 2.03. The Morgan fingerprint density at radius 1 is 1.26 bits per heavy atom. The number of hydrogen-bond acceptors (Lipinski definition) is 7. The smallest absolute Gasteiger partial charge is 0.226 e. The van der Waals surface area contributed by atoms with Crippen molar-refractivity contribution in [1.29, 1.82) is 5.26 Å². The first kappa shape index (κ1) is 15.1. The average Bonchev–Trinajstić information content (AvgIpc) is 3.03. The van der Waals surface area contributed by atoms with Gasteiger partial charge in [0.25, 0.3) is 0 Å². The third kappa shape index (κ3) is 3.49. The second-order valence-corrected chi connectivity index (χ2v) is 5.80. The number of benzene rings is 1. The number of nitrogens with two attached hydrogens (primary N) is 1. The lowest BCUT2D eigenvalue weighted by molar-refractivity contribution is 0.573. The maximum Gasteiger partial charge on any atom is 0.226 e. The van der Waals surface area contributed by atoms with Gasteiger partial charge in [0.2, 0.25) is 5.89 Å². The summed E-state index contributed by atoms with van der Waals surface area (Å²) in [7, 11) is 0. The van der Waals surface area contributed by atoms with Gasteiger partial charge in [-0.3, -0.25) is 0 Å². The first-order chi connectivity index (χ1) is 11.2. The number of aromatic nitrogens is 3. The minimum absolute atomic E-state index is 0.186. The van der Waals surface area contributed by atoms with Crippen LogP contribution in [-0.4, -0.2) is 15.0 Å². The van der Waals surface area contributed by atoms with Crippen LogP contribution in [0.25, 0.3) is 11.5 Å². The Hall–Kier alpha value is -2.85. The van der Waals surface area contributed by atoms with Crippen LogP contribution in [0.1, 0.15) is 16.8 Å². The fourth-order valence-corrected chi connectivity index (χ4v) is 2.57. The van der Waals surface area contributed by atoms with Crippen molar-refractivity contribution in [2.75, 3.05) is 5.73 Å². The molecular weight excluding hydrogens is 310 g/mol. The number of oxazole rings is 1. The fraction of sp³-hybridized carbons (Fsp3) is 0.125. The van der Waals surface area contributed by atoms with Crippen LogP contribution in [0.3, 0.4) is 0 Å². The Bertz CT molecular complexity index is 867. The lowest BCUT2D eigenvalue weighted by Crippen LogP contribution is -1.98. The van der Waals surface area contributed by atoms with Crippen molar-refractivity contribution in [2.24, 2.45) is 0 Å². The van der Waals surface area contributed by atoms with Gasteiger partial charge in [-0.25, -0.2) is 15.0 Å². The minimum Gasteiger partial charge on any atom is -0.444 e.